The van der Waals surface area contributed by atoms with E-state index in [1.807, 2.05) is 0 Å². The van der Waals surface area contributed by atoms with Crippen molar-refractivity contribution in [3.63, 3.8) is 0 Å². The van der Waals surface area contributed by atoms with Crippen LogP contribution >= 0.6 is 0 Å². The second-order valence-corrected chi connectivity index (χ2v) is 7.38. The molecular weight excluding hydrogens is 238 g/mol. The van der Waals surface area contributed by atoms with Crippen LogP contribution in [0.1, 0.15) is 45.4 Å². The molecule has 0 aliphatic heterocycles. The Kier molecular flexibility index (Phi) is 5.43. The lowest BCUT2D eigenvalue weighted by molar-refractivity contribution is -0.125. The molecule has 0 aromatic carbocycles. The average molecular weight is 261 g/mol. The summed E-state index contributed by atoms with van der Waals surface area (Å²) in [5, 5.41) is 2.82. The van der Waals surface area contributed by atoms with Crippen molar-refractivity contribution >= 4 is 15.7 Å². The smallest absolute Gasteiger partial charge is 0.223 e. The molecule has 1 aliphatic carbocycles. The fourth-order valence-electron chi connectivity index (χ4n) is 2.40. The fourth-order valence-corrected chi connectivity index (χ4v) is 3.39. The summed E-state index contributed by atoms with van der Waals surface area (Å²) in [7, 11) is -3.02. The molecule has 0 spiro atoms. The third-order valence-electron chi connectivity index (χ3n) is 3.17. The van der Waals surface area contributed by atoms with Crippen LogP contribution in [0, 0.1) is 5.92 Å². The molecule has 0 bridgehead atoms. The zero-order valence-corrected chi connectivity index (χ0v) is 11.6. The van der Waals surface area contributed by atoms with Crippen LogP contribution in [-0.4, -0.2) is 32.4 Å². The van der Waals surface area contributed by atoms with Gasteiger partial charge < -0.3 is 5.32 Å². The highest BCUT2D eigenvalue weighted by molar-refractivity contribution is 7.90. The largest absolute Gasteiger partial charge is 0.352 e. The van der Waals surface area contributed by atoms with Crippen LogP contribution in [0.4, 0.5) is 0 Å². The minimum atomic E-state index is -3.02. The maximum atomic E-state index is 11.9. The van der Waals surface area contributed by atoms with Gasteiger partial charge in [0.25, 0.3) is 0 Å². The number of carbonyl (C=O) groups excluding carboxylic acids is 1. The number of carbonyl (C=O) groups is 1. The van der Waals surface area contributed by atoms with Crippen LogP contribution in [0.15, 0.2) is 0 Å². The molecule has 0 radical (unpaired) electrons. The van der Waals surface area contributed by atoms with Gasteiger partial charge in [-0.05, 0) is 19.8 Å². The molecule has 1 fully saturated rings. The molecule has 0 heterocycles. The molecule has 5 heteroatoms. The lowest BCUT2D eigenvalue weighted by atomic mass is 9.99. The zero-order chi connectivity index (χ0) is 12.9. The molecule has 4 nitrogen and oxygen atoms in total. The van der Waals surface area contributed by atoms with Crippen LogP contribution in [0.3, 0.4) is 0 Å². The summed E-state index contributed by atoms with van der Waals surface area (Å²) in [5.74, 6) is 0.133. The number of amides is 1. The molecule has 1 rings (SSSR count). The summed E-state index contributed by atoms with van der Waals surface area (Å²) in [4.78, 5) is 11.9. The van der Waals surface area contributed by atoms with Gasteiger partial charge in [-0.15, -0.1) is 0 Å². The van der Waals surface area contributed by atoms with E-state index >= 15 is 0 Å². The van der Waals surface area contributed by atoms with Gasteiger partial charge in [-0.3, -0.25) is 4.79 Å². The maximum Gasteiger partial charge on any atom is 0.223 e. The van der Waals surface area contributed by atoms with E-state index in [9.17, 15) is 13.2 Å². The van der Waals surface area contributed by atoms with Gasteiger partial charge in [0.1, 0.15) is 9.84 Å². The first-order chi connectivity index (χ1) is 7.88. The van der Waals surface area contributed by atoms with E-state index in [0.717, 1.165) is 25.7 Å². The first kappa shape index (κ1) is 14.5. The topological polar surface area (TPSA) is 63.2 Å². The molecule has 17 heavy (non-hydrogen) atoms. The number of sulfone groups is 1. The van der Waals surface area contributed by atoms with Crippen molar-refractivity contribution in [2.75, 3.05) is 12.0 Å². The number of hydrogen-bond donors (Lipinski definition) is 1. The summed E-state index contributed by atoms with van der Waals surface area (Å²) < 4.78 is 22.2. The Hall–Kier alpha value is -0.580. The van der Waals surface area contributed by atoms with Crippen molar-refractivity contribution in [1.82, 2.24) is 5.32 Å². The molecule has 1 amide bonds. The van der Waals surface area contributed by atoms with Crippen molar-refractivity contribution in [1.29, 1.82) is 0 Å². The molecule has 1 N–H and O–H groups in total. The fraction of sp³-hybridized carbons (Fsp3) is 0.917. The Bertz CT molecular complexity index is 343. The van der Waals surface area contributed by atoms with Crippen molar-refractivity contribution < 1.29 is 13.2 Å². The Morgan fingerprint density at radius 3 is 2.24 bits per heavy atom. The van der Waals surface area contributed by atoms with Gasteiger partial charge in [0, 0.05) is 18.2 Å². The molecule has 1 atom stereocenters. The van der Waals surface area contributed by atoms with E-state index in [0.29, 0.717) is 0 Å². The first-order valence-electron chi connectivity index (χ1n) is 6.36. The quantitative estimate of drug-likeness (QED) is 0.780. The van der Waals surface area contributed by atoms with Gasteiger partial charge in [-0.25, -0.2) is 8.42 Å². The van der Waals surface area contributed by atoms with Gasteiger partial charge >= 0.3 is 0 Å². The van der Waals surface area contributed by atoms with E-state index in [1.54, 1.807) is 6.92 Å². The molecule has 0 unspecified atom stereocenters. The minimum absolute atomic E-state index is 0.0193. The molecule has 0 aromatic rings. The maximum absolute atomic E-state index is 11.9. The number of nitrogens with one attached hydrogen (secondary N) is 1. The zero-order valence-electron chi connectivity index (χ0n) is 10.7. The van der Waals surface area contributed by atoms with Gasteiger partial charge in [-0.2, -0.15) is 0 Å². The highest BCUT2D eigenvalue weighted by Crippen LogP contribution is 2.22. The molecule has 0 saturated heterocycles. The summed E-state index contributed by atoms with van der Waals surface area (Å²) in [6, 6.07) is -0.291. The van der Waals surface area contributed by atoms with Crippen LogP contribution in [0.2, 0.25) is 0 Å². The summed E-state index contributed by atoms with van der Waals surface area (Å²) in [5.41, 5.74) is 0. The second kappa shape index (κ2) is 6.38. The third-order valence-corrected chi connectivity index (χ3v) is 4.27. The predicted octanol–water partition coefficient (Wildman–Crippen LogP) is 1.51. The summed E-state index contributed by atoms with van der Waals surface area (Å²) in [6.07, 6.45) is 7.72. The van der Waals surface area contributed by atoms with Crippen molar-refractivity contribution in [2.24, 2.45) is 5.92 Å². The van der Waals surface area contributed by atoms with Crippen LogP contribution < -0.4 is 5.32 Å². The Morgan fingerprint density at radius 1 is 1.24 bits per heavy atom. The molecule has 1 aliphatic rings. The monoisotopic (exact) mass is 261 g/mol. The van der Waals surface area contributed by atoms with Crippen molar-refractivity contribution in [3.05, 3.63) is 0 Å². The Morgan fingerprint density at radius 2 is 1.76 bits per heavy atom. The van der Waals surface area contributed by atoms with E-state index in [2.05, 4.69) is 5.32 Å². The highest BCUT2D eigenvalue weighted by atomic mass is 32.2. The average Bonchev–Trinajstić information content (AvgIpc) is 2.41. The van der Waals surface area contributed by atoms with E-state index in [-0.39, 0.29) is 23.6 Å². The molecular formula is C12H23NO3S. The number of hydrogen-bond acceptors (Lipinski definition) is 3. The molecule has 1 saturated carbocycles. The standard InChI is InChI=1S/C12H23NO3S/c1-10(9-17(2,15)16)13-12(14)11-7-5-3-4-6-8-11/h10-11H,3-9H2,1-2H3,(H,13,14)/t10-/m1/s1. The lowest BCUT2D eigenvalue weighted by Crippen LogP contribution is -2.40. The third kappa shape index (κ3) is 6.05. The van der Waals surface area contributed by atoms with E-state index in [1.165, 1.54) is 19.1 Å². The lowest BCUT2D eigenvalue weighted by Gasteiger charge is -2.18. The van der Waals surface area contributed by atoms with E-state index in [4.69, 9.17) is 0 Å². The minimum Gasteiger partial charge on any atom is -0.352 e. The SMILES string of the molecule is C[C@H](CS(C)(=O)=O)NC(=O)C1CCCCCC1. The molecule has 100 valence electrons. The van der Waals surface area contributed by atoms with Gasteiger partial charge in [-0.1, -0.05) is 25.7 Å². The Balaban J connectivity index is 2.42. The number of rotatable bonds is 4. The van der Waals surface area contributed by atoms with Crippen LogP contribution in [0.5, 0.6) is 0 Å². The van der Waals surface area contributed by atoms with Crippen molar-refractivity contribution in [3.8, 4) is 0 Å². The normalized spacial score (nSPS) is 20.6. The highest BCUT2D eigenvalue weighted by Gasteiger charge is 2.22. The first-order valence-corrected chi connectivity index (χ1v) is 8.42. The van der Waals surface area contributed by atoms with Crippen LogP contribution in [0.25, 0.3) is 0 Å². The van der Waals surface area contributed by atoms with Gasteiger partial charge in [0.15, 0.2) is 0 Å². The van der Waals surface area contributed by atoms with Crippen LogP contribution in [-0.2, 0) is 14.6 Å². The summed E-state index contributed by atoms with van der Waals surface area (Å²) >= 11 is 0. The second-order valence-electron chi connectivity index (χ2n) is 5.19. The van der Waals surface area contributed by atoms with Gasteiger partial charge in [0.05, 0.1) is 5.75 Å². The van der Waals surface area contributed by atoms with Crippen molar-refractivity contribution in [2.45, 2.75) is 51.5 Å². The van der Waals surface area contributed by atoms with Gasteiger partial charge in [0.2, 0.25) is 5.91 Å². The summed E-state index contributed by atoms with van der Waals surface area (Å²) in [6.45, 7) is 1.75. The van der Waals surface area contributed by atoms with E-state index < -0.39 is 9.84 Å². The molecule has 0 aromatic heterocycles. The Labute approximate surface area is 104 Å². The predicted molar refractivity (Wildman–Crippen MR) is 68.5 cm³/mol.